The van der Waals surface area contributed by atoms with Crippen LogP contribution in [0.25, 0.3) is 0 Å². The summed E-state index contributed by atoms with van der Waals surface area (Å²) < 4.78 is 6.38. The molecule has 0 unspecified atom stereocenters. The van der Waals surface area contributed by atoms with Gasteiger partial charge in [0.15, 0.2) is 11.0 Å². The highest BCUT2D eigenvalue weighted by molar-refractivity contribution is 7.71. The molecule has 24 heavy (non-hydrogen) atoms. The number of aliphatic imine (C=N–C) groups is 1. The minimum absolute atomic E-state index is 0.116. The Morgan fingerprint density at radius 1 is 1.54 bits per heavy atom. The molecule has 2 heterocycles. The van der Waals surface area contributed by atoms with Crippen molar-refractivity contribution < 1.29 is 24.9 Å². The minimum atomic E-state index is -1.41. The molecule has 0 spiro atoms. The van der Waals surface area contributed by atoms with Gasteiger partial charge in [-0.3, -0.25) is 24.2 Å². The van der Waals surface area contributed by atoms with Crippen LogP contribution in [0.2, 0.25) is 0 Å². The molecule has 1 aliphatic rings. The second kappa shape index (κ2) is 7.19. The van der Waals surface area contributed by atoms with Gasteiger partial charge in [0.2, 0.25) is 0 Å². The summed E-state index contributed by atoms with van der Waals surface area (Å²) in [6.07, 6.45) is -3.81. The van der Waals surface area contributed by atoms with E-state index in [1.807, 2.05) is 0 Å². The van der Waals surface area contributed by atoms with Crippen molar-refractivity contribution >= 4 is 30.7 Å². The molecule has 1 aromatic heterocycles. The number of aliphatic hydroxyl groups is 3. The first-order valence-electron chi connectivity index (χ1n) is 6.79. The monoisotopic (exact) mass is 359 g/mol. The van der Waals surface area contributed by atoms with Gasteiger partial charge in [-0.15, -0.1) is 0 Å². The van der Waals surface area contributed by atoms with Gasteiger partial charge in [0.05, 0.1) is 6.61 Å². The van der Waals surface area contributed by atoms with Crippen LogP contribution < -0.4 is 16.2 Å². The molecule has 0 radical (unpaired) electrons. The van der Waals surface area contributed by atoms with Crippen LogP contribution in [0.15, 0.2) is 16.0 Å². The van der Waals surface area contributed by atoms with Crippen LogP contribution in [0.4, 0.5) is 10.5 Å². The number of urea groups is 1. The molecule has 1 fully saturated rings. The van der Waals surface area contributed by atoms with Gasteiger partial charge in [0.25, 0.3) is 5.56 Å². The van der Waals surface area contributed by atoms with Gasteiger partial charge >= 0.3 is 6.03 Å². The van der Waals surface area contributed by atoms with Crippen LogP contribution in [0.1, 0.15) is 6.23 Å². The van der Waals surface area contributed by atoms with Crippen LogP contribution in [0, 0.1) is 4.77 Å². The predicted octanol–water partition coefficient (Wildman–Crippen LogP) is -1.94. The highest BCUT2D eigenvalue weighted by atomic mass is 32.1. The maximum absolute atomic E-state index is 12.1. The highest BCUT2D eigenvalue weighted by Gasteiger charge is 2.43. The summed E-state index contributed by atoms with van der Waals surface area (Å²) in [5, 5.41) is 29.0. The number of hydrogen-bond acceptors (Lipinski definition) is 8. The number of hydrogen-bond donors (Lipinski definition) is 5. The molecule has 132 valence electrons. The second-order valence-electron chi connectivity index (χ2n) is 5.04. The van der Waals surface area contributed by atoms with Gasteiger partial charge in [0.1, 0.15) is 30.7 Å². The fourth-order valence-corrected chi connectivity index (χ4v) is 2.58. The van der Waals surface area contributed by atoms with Gasteiger partial charge in [-0.05, 0) is 18.9 Å². The number of nitrogens with one attached hydrogen (secondary N) is 1. The van der Waals surface area contributed by atoms with E-state index in [-0.39, 0.29) is 17.1 Å². The van der Waals surface area contributed by atoms with E-state index in [0.717, 1.165) is 15.7 Å². The quantitative estimate of drug-likeness (QED) is 0.301. The number of aromatic nitrogens is 2. The molecule has 0 bridgehead atoms. The van der Waals surface area contributed by atoms with Gasteiger partial charge in [-0.1, -0.05) is 0 Å². The Hall–Kier alpha value is -2.12. The normalized spacial score (nSPS) is 26.3. The zero-order valence-electron chi connectivity index (χ0n) is 12.4. The number of primary amides is 1. The third-order valence-corrected chi connectivity index (χ3v) is 3.85. The number of carbonyl (C=O) groups is 1. The van der Waals surface area contributed by atoms with E-state index in [9.17, 15) is 19.8 Å². The van der Waals surface area contributed by atoms with Crippen molar-refractivity contribution in [1.82, 2.24) is 9.55 Å². The molecule has 2 rings (SSSR count). The van der Waals surface area contributed by atoms with Gasteiger partial charge in [-0.2, -0.15) is 0 Å². The van der Waals surface area contributed by atoms with E-state index in [0.29, 0.717) is 0 Å². The Balaban J connectivity index is 2.51. The number of rotatable bonds is 5. The topological polar surface area (TPSA) is 166 Å². The predicted molar refractivity (Wildman–Crippen MR) is 85.4 cm³/mol. The van der Waals surface area contributed by atoms with Crippen LogP contribution in [-0.2, 0) is 4.74 Å². The average molecular weight is 359 g/mol. The van der Waals surface area contributed by atoms with Crippen LogP contribution in [0.5, 0.6) is 0 Å². The van der Waals surface area contributed by atoms with E-state index in [4.69, 9.17) is 27.8 Å². The number of H-pyrrole nitrogens is 1. The lowest BCUT2D eigenvalue weighted by Gasteiger charge is -2.22. The molecule has 1 saturated heterocycles. The summed E-state index contributed by atoms with van der Waals surface area (Å²) in [4.78, 5) is 30.2. The van der Waals surface area contributed by atoms with Crippen molar-refractivity contribution in [2.45, 2.75) is 24.5 Å². The fraction of sp³-hybridized carbons (Fsp3) is 0.500. The molecule has 12 heteroatoms. The Morgan fingerprint density at radius 2 is 2.21 bits per heavy atom. The zero-order valence-corrected chi connectivity index (χ0v) is 13.2. The zero-order chi connectivity index (χ0) is 18.0. The molecule has 1 aromatic rings. The molecule has 0 saturated carbocycles. The number of ether oxygens (including phenoxy) is 1. The summed E-state index contributed by atoms with van der Waals surface area (Å²) in [6.45, 7) is 2.44. The van der Waals surface area contributed by atoms with Crippen LogP contribution >= 0.6 is 12.2 Å². The smallest absolute Gasteiger partial charge is 0.321 e. The summed E-state index contributed by atoms with van der Waals surface area (Å²) >= 11 is 5.02. The molecule has 2 amide bonds. The maximum atomic E-state index is 12.1. The van der Waals surface area contributed by atoms with Crippen molar-refractivity contribution in [2.24, 2.45) is 10.7 Å². The Bertz CT molecular complexity index is 748. The molecule has 11 nitrogen and oxygen atoms in total. The van der Waals surface area contributed by atoms with Crippen molar-refractivity contribution in [3.05, 3.63) is 21.3 Å². The average Bonchev–Trinajstić information content (AvgIpc) is 2.81. The number of nitrogens with zero attached hydrogens (tertiary/aromatic N) is 3. The van der Waals surface area contributed by atoms with Gasteiger partial charge < -0.3 is 25.8 Å². The van der Waals surface area contributed by atoms with Crippen LogP contribution in [-0.4, -0.2) is 69.2 Å². The summed E-state index contributed by atoms with van der Waals surface area (Å²) in [7, 11) is 0. The third kappa shape index (κ3) is 3.22. The second-order valence-corrected chi connectivity index (χ2v) is 5.43. The van der Waals surface area contributed by atoms with Crippen molar-refractivity contribution in [2.75, 3.05) is 18.2 Å². The summed E-state index contributed by atoms with van der Waals surface area (Å²) in [5.41, 5.74) is 4.32. The van der Waals surface area contributed by atoms with E-state index < -0.39 is 42.7 Å². The number of aromatic amines is 1. The lowest BCUT2D eigenvalue weighted by molar-refractivity contribution is -0.0540. The number of amides is 2. The Labute approximate surface area is 140 Å². The maximum Gasteiger partial charge on any atom is 0.321 e. The molecule has 0 aromatic carbocycles. The number of aliphatic hydroxyl groups excluding tert-OH is 3. The van der Waals surface area contributed by atoms with Gasteiger partial charge in [-0.25, -0.2) is 4.79 Å². The molecule has 4 atom stereocenters. The van der Waals surface area contributed by atoms with Crippen molar-refractivity contribution in [1.29, 1.82) is 0 Å². The lowest BCUT2D eigenvalue weighted by atomic mass is 10.1. The number of carbonyl (C=O) groups excluding carboxylic acids is 1. The highest BCUT2D eigenvalue weighted by Crippen LogP contribution is 2.29. The summed E-state index contributed by atoms with van der Waals surface area (Å²) in [6, 6.07) is -0.947. The van der Waals surface area contributed by atoms with Gasteiger partial charge in [0, 0.05) is 6.20 Å². The third-order valence-electron chi connectivity index (χ3n) is 3.54. The number of anilines is 1. The number of nitrogens with two attached hydrogens (primary N) is 1. The van der Waals surface area contributed by atoms with E-state index in [1.165, 1.54) is 0 Å². The summed E-state index contributed by atoms with van der Waals surface area (Å²) in [5.74, 6) is 0. The molecular formula is C12H17N5O6S. The van der Waals surface area contributed by atoms with E-state index >= 15 is 0 Å². The molecule has 6 N–H and O–H groups in total. The lowest BCUT2D eigenvalue weighted by Crippen LogP contribution is -2.40. The van der Waals surface area contributed by atoms with E-state index in [1.54, 1.807) is 0 Å². The first kappa shape index (κ1) is 18.2. The minimum Gasteiger partial charge on any atom is -0.394 e. The molecule has 0 aliphatic carbocycles. The first-order chi connectivity index (χ1) is 11.3. The fourth-order valence-electron chi connectivity index (χ4n) is 2.33. The standard InChI is InChI=1S/C12H17N5O6S/c1-14-4-17(11(13)22)5-2-16(12(24)15-9(5)21)10-8(20)7(19)6(3-18)23-10/h2,6-8,10,18-20H,1,3-4H2,(H2,13,22)(H,15,21,24)/t6-,7-,8-,10-/m1/s1. The van der Waals surface area contributed by atoms with Crippen molar-refractivity contribution in [3.63, 3.8) is 0 Å². The first-order valence-corrected chi connectivity index (χ1v) is 7.20. The van der Waals surface area contributed by atoms with E-state index in [2.05, 4.69) is 16.7 Å². The largest absolute Gasteiger partial charge is 0.394 e. The molecule has 1 aliphatic heterocycles. The SMILES string of the molecule is C=NCN(C(N)=O)c1cn([C@@H]2O[C@H](CO)[C@@H](O)[C@H]2O)c(=S)[nH]c1=O. The van der Waals surface area contributed by atoms with Crippen molar-refractivity contribution in [3.8, 4) is 0 Å². The Kier molecular flexibility index (Phi) is 5.46. The van der Waals surface area contributed by atoms with Crippen LogP contribution in [0.3, 0.4) is 0 Å². The molecular weight excluding hydrogens is 342 g/mol. The Morgan fingerprint density at radius 3 is 2.71 bits per heavy atom.